The van der Waals surface area contributed by atoms with E-state index in [1.165, 1.54) is 19.9 Å². The van der Waals surface area contributed by atoms with Crippen molar-refractivity contribution < 1.29 is 23.0 Å². The van der Waals surface area contributed by atoms with Gasteiger partial charge in [0.25, 0.3) is 0 Å². The van der Waals surface area contributed by atoms with E-state index in [0.717, 1.165) is 0 Å². The molecular weight excluding hydrogens is 466 g/mol. The van der Waals surface area contributed by atoms with Gasteiger partial charge in [0.1, 0.15) is 23.8 Å². The molecule has 2 aromatic rings. The van der Waals surface area contributed by atoms with E-state index in [1.54, 1.807) is 50.6 Å². The van der Waals surface area contributed by atoms with Gasteiger partial charge < -0.3 is 25.4 Å². The van der Waals surface area contributed by atoms with Crippen LogP contribution in [-0.4, -0.2) is 44.8 Å². The molecule has 0 saturated carbocycles. The largest absolute Gasteiger partial charge is 0.491 e. The molecule has 3 N–H and O–H groups in total. The van der Waals surface area contributed by atoms with Crippen LogP contribution in [-0.2, 0) is 4.74 Å². The van der Waals surface area contributed by atoms with Crippen LogP contribution >= 0.6 is 0 Å². The fourth-order valence-electron chi connectivity index (χ4n) is 2.96. The number of carbonyl (C=O) groups excluding carboxylic acids is 1. The SMILES string of the molecule is C=C(Nc1ccc(NC(=O)NCCC(C)(C)F)cc1)c1c(F)cc(OCCOC)cc1N=CC.CC. The first-order chi connectivity index (χ1) is 17.1. The van der Waals surface area contributed by atoms with Gasteiger partial charge in [-0.15, -0.1) is 0 Å². The molecule has 36 heavy (non-hydrogen) atoms. The molecule has 0 unspecified atom stereocenters. The second-order valence-corrected chi connectivity index (χ2v) is 8.06. The Bertz CT molecular complexity index is 1000. The Labute approximate surface area is 213 Å². The fraction of sp³-hybridized carbons (Fsp3) is 0.407. The van der Waals surface area contributed by atoms with Crippen molar-refractivity contribution in [3.05, 3.63) is 54.4 Å². The minimum absolute atomic E-state index is 0.215. The number of benzene rings is 2. The fourth-order valence-corrected chi connectivity index (χ4v) is 2.96. The van der Waals surface area contributed by atoms with E-state index >= 15 is 0 Å². The van der Waals surface area contributed by atoms with Crippen molar-refractivity contribution in [2.24, 2.45) is 4.99 Å². The molecule has 0 aliphatic rings. The average molecular weight is 505 g/mol. The quantitative estimate of drug-likeness (QED) is 0.216. The summed E-state index contributed by atoms with van der Waals surface area (Å²) in [5, 5.41) is 8.35. The summed E-state index contributed by atoms with van der Waals surface area (Å²) >= 11 is 0. The van der Waals surface area contributed by atoms with Crippen molar-refractivity contribution in [1.82, 2.24) is 5.32 Å². The summed E-state index contributed by atoms with van der Waals surface area (Å²) in [5.74, 6) is -0.185. The van der Waals surface area contributed by atoms with Gasteiger partial charge in [-0.1, -0.05) is 20.4 Å². The summed E-state index contributed by atoms with van der Waals surface area (Å²) in [5.41, 5.74) is 0.749. The van der Waals surface area contributed by atoms with Crippen molar-refractivity contribution in [3.63, 3.8) is 0 Å². The van der Waals surface area contributed by atoms with Crippen molar-refractivity contribution in [2.45, 2.75) is 46.7 Å². The summed E-state index contributed by atoms with van der Waals surface area (Å²) in [4.78, 5) is 16.2. The standard InChI is InChI=1S/C25H32F2N4O3.C2H6/c1-6-28-22-16-20(34-14-13-33-5)15-21(26)23(22)17(2)30-18-7-9-19(10-8-18)31-24(32)29-12-11-25(3,4)27;1-2/h6-10,15-16,30H,2,11-14H2,1,3-5H3,(H2,29,31,32);1-2H3. The van der Waals surface area contributed by atoms with Crippen LogP contribution in [0.1, 0.15) is 46.6 Å². The van der Waals surface area contributed by atoms with E-state index < -0.39 is 17.5 Å². The minimum Gasteiger partial charge on any atom is -0.491 e. The highest BCUT2D eigenvalue weighted by molar-refractivity contribution is 5.90. The van der Waals surface area contributed by atoms with Crippen LogP contribution in [0.25, 0.3) is 5.70 Å². The summed E-state index contributed by atoms with van der Waals surface area (Å²) in [6.07, 6.45) is 1.77. The Hall–Kier alpha value is -3.46. The van der Waals surface area contributed by atoms with Gasteiger partial charge in [-0.3, -0.25) is 4.99 Å². The first-order valence-electron chi connectivity index (χ1n) is 11.9. The number of nitrogens with one attached hydrogen (secondary N) is 3. The van der Waals surface area contributed by atoms with E-state index in [0.29, 0.717) is 35.1 Å². The smallest absolute Gasteiger partial charge is 0.319 e. The lowest BCUT2D eigenvalue weighted by Gasteiger charge is -2.16. The third-order valence-corrected chi connectivity index (χ3v) is 4.61. The third-order valence-electron chi connectivity index (χ3n) is 4.61. The molecule has 0 heterocycles. The summed E-state index contributed by atoms with van der Waals surface area (Å²) in [7, 11) is 1.56. The zero-order valence-corrected chi connectivity index (χ0v) is 22.0. The molecule has 0 radical (unpaired) electrons. The van der Waals surface area contributed by atoms with Gasteiger partial charge in [0.15, 0.2) is 0 Å². The lowest BCUT2D eigenvalue weighted by molar-refractivity contribution is 0.146. The van der Waals surface area contributed by atoms with Crippen LogP contribution in [0.5, 0.6) is 5.75 Å². The van der Waals surface area contributed by atoms with Crippen LogP contribution in [0.3, 0.4) is 0 Å². The van der Waals surface area contributed by atoms with Crippen LogP contribution in [0.4, 0.5) is 30.6 Å². The average Bonchev–Trinajstić information content (AvgIpc) is 2.81. The second kappa shape index (κ2) is 15.5. The number of hydrogen-bond acceptors (Lipinski definition) is 5. The Morgan fingerprint density at radius 1 is 1.11 bits per heavy atom. The monoisotopic (exact) mass is 504 g/mol. The highest BCUT2D eigenvalue weighted by Crippen LogP contribution is 2.33. The number of anilines is 2. The molecule has 0 fully saturated rings. The number of rotatable bonds is 12. The van der Waals surface area contributed by atoms with Crippen molar-refractivity contribution >= 4 is 35.0 Å². The van der Waals surface area contributed by atoms with Gasteiger partial charge in [-0.25, -0.2) is 13.6 Å². The maximum atomic E-state index is 14.9. The maximum Gasteiger partial charge on any atom is 0.319 e. The first kappa shape index (κ1) is 30.6. The summed E-state index contributed by atoms with van der Waals surface area (Å²) in [6.45, 7) is 13.5. The Kier molecular flexibility index (Phi) is 13.2. The Morgan fingerprint density at radius 2 is 1.72 bits per heavy atom. The first-order valence-corrected chi connectivity index (χ1v) is 11.9. The Balaban J connectivity index is 0.00000316. The number of methoxy groups -OCH3 is 1. The number of aliphatic imine (C=N–C) groups is 1. The number of urea groups is 1. The molecule has 7 nitrogen and oxygen atoms in total. The molecule has 2 aromatic carbocycles. The predicted octanol–water partition coefficient (Wildman–Crippen LogP) is 6.94. The van der Waals surface area contributed by atoms with Crippen LogP contribution in [0.15, 0.2) is 48.0 Å². The van der Waals surface area contributed by atoms with Gasteiger partial charge in [-0.2, -0.15) is 0 Å². The summed E-state index contributed by atoms with van der Waals surface area (Å²) < 4.78 is 38.9. The number of halogens is 2. The van der Waals surface area contributed by atoms with E-state index in [9.17, 15) is 13.6 Å². The lowest BCUT2D eigenvalue weighted by Crippen LogP contribution is -2.32. The van der Waals surface area contributed by atoms with Gasteiger partial charge in [0.05, 0.1) is 17.9 Å². The van der Waals surface area contributed by atoms with Crippen LogP contribution in [0.2, 0.25) is 0 Å². The van der Waals surface area contributed by atoms with Crippen LogP contribution in [0, 0.1) is 5.82 Å². The summed E-state index contributed by atoms with van der Waals surface area (Å²) in [6, 6.07) is 9.29. The molecule has 0 aliphatic heterocycles. The van der Waals surface area contributed by atoms with E-state index in [2.05, 4.69) is 27.5 Å². The van der Waals surface area contributed by atoms with Gasteiger partial charge in [0.2, 0.25) is 0 Å². The van der Waals surface area contributed by atoms with Gasteiger partial charge in [-0.05, 0) is 51.5 Å². The van der Waals surface area contributed by atoms with Gasteiger partial charge >= 0.3 is 6.03 Å². The van der Waals surface area contributed by atoms with E-state index in [4.69, 9.17) is 9.47 Å². The van der Waals surface area contributed by atoms with Crippen molar-refractivity contribution in [3.8, 4) is 5.75 Å². The number of carbonyl (C=O) groups is 1. The molecule has 0 aliphatic carbocycles. The molecule has 2 rings (SSSR count). The lowest BCUT2D eigenvalue weighted by atomic mass is 10.1. The molecular formula is C27H38F2N4O3. The van der Waals surface area contributed by atoms with Crippen LogP contribution < -0.4 is 20.7 Å². The zero-order valence-electron chi connectivity index (χ0n) is 22.0. The highest BCUT2D eigenvalue weighted by Gasteiger charge is 2.16. The number of alkyl halides is 1. The van der Waals surface area contributed by atoms with E-state index in [1.807, 2.05) is 13.8 Å². The topological polar surface area (TPSA) is 84.0 Å². The maximum absolute atomic E-state index is 14.9. The molecule has 198 valence electrons. The Morgan fingerprint density at radius 3 is 2.28 bits per heavy atom. The highest BCUT2D eigenvalue weighted by atomic mass is 19.1. The molecule has 0 spiro atoms. The third kappa shape index (κ3) is 10.9. The molecule has 0 saturated heterocycles. The normalized spacial score (nSPS) is 10.9. The zero-order chi connectivity index (χ0) is 27.1. The van der Waals surface area contributed by atoms with Crippen molar-refractivity contribution in [2.75, 3.05) is 37.5 Å². The van der Waals surface area contributed by atoms with E-state index in [-0.39, 0.29) is 25.1 Å². The number of nitrogens with zero attached hydrogens (tertiary/aromatic N) is 1. The number of amides is 2. The number of ether oxygens (including phenoxy) is 2. The molecule has 9 heteroatoms. The second-order valence-electron chi connectivity index (χ2n) is 8.06. The molecule has 0 bridgehead atoms. The molecule has 0 atom stereocenters. The number of hydrogen-bond donors (Lipinski definition) is 3. The predicted molar refractivity (Wildman–Crippen MR) is 145 cm³/mol. The molecule has 2 amide bonds. The minimum atomic E-state index is -1.35. The molecule has 0 aromatic heterocycles. The van der Waals surface area contributed by atoms with Crippen molar-refractivity contribution in [1.29, 1.82) is 0 Å². The van der Waals surface area contributed by atoms with Gasteiger partial charge in [0, 0.05) is 49.1 Å².